The molecular formula is C19H17F4NO2. The zero-order chi connectivity index (χ0) is 19.3. The number of anilines is 1. The highest BCUT2D eigenvalue weighted by atomic mass is 19.3. The van der Waals surface area contributed by atoms with Crippen LogP contribution in [0, 0.1) is 6.92 Å². The smallest absolute Gasteiger partial charge is 0.387 e. The molecule has 0 aromatic heterocycles. The SMILES string of the molecule is C/C(=C\C(=O)Nc1ccccc1C)c1ccc(C(F)F)c(OC(F)F)c1. The van der Waals surface area contributed by atoms with Crippen LogP contribution in [0.5, 0.6) is 5.75 Å². The lowest BCUT2D eigenvalue weighted by Crippen LogP contribution is -2.09. The molecule has 1 N–H and O–H groups in total. The maximum Gasteiger partial charge on any atom is 0.387 e. The third-order valence-corrected chi connectivity index (χ3v) is 3.67. The first kappa shape index (κ1) is 19.5. The fourth-order valence-corrected chi connectivity index (χ4v) is 2.32. The number of aryl methyl sites for hydroxylation is 1. The van der Waals surface area contributed by atoms with Gasteiger partial charge >= 0.3 is 6.61 Å². The normalized spacial score (nSPS) is 11.8. The summed E-state index contributed by atoms with van der Waals surface area (Å²) in [6.07, 6.45) is -1.69. The molecule has 7 heteroatoms. The summed E-state index contributed by atoms with van der Waals surface area (Å²) in [5.41, 5.74) is 1.62. The van der Waals surface area contributed by atoms with Crippen molar-refractivity contribution in [1.29, 1.82) is 0 Å². The van der Waals surface area contributed by atoms with Gasteiger partial charge in [-0.2, -0.15) is 8.78 Å². The van der Waals surface area contributed by atoms with Crippen LogP contribution in [-0.2, 0) is 4.79 Å². The Kier molecular flexibility index (Phi) is 6.38. The molecule has 26 heavy (non-hydrogen) atoms. The van der Waals surface area contributed by atoms with Crippen molar-refractivity contribution in [3.63, 3.8) is 0 Å². The van der Waals surface area contributed by atoms with Crippen molar-refractivity contribution in [2.24, 2.45) is 0 Å². The van der Waals surface area contributed by atoms with Crippen molar-refractivity contribution >= 4 is 17.2 Å². The molecule has 0 radical (unpaired) electrons. The van der Waals surface area contributed by atoms with Crippen LogP contribution in [0.25, 0.3) is 5.57 Å². The third kappa shape index (κ3) is 5.08. The van der Waals surface area contributed by atoms with E-state index in [4.69, 9.17) is 0 Å². The first-order valence-electron chi connectivity index (χ1n) is 7.70. The van der Waals surface area contributed by atoms with E-state index in [0.29, 0.717) is 16.8 Å². The molecule has 0 aliphatic heterocycles. The first-order valence-corrected chi connectivity index (χ1v) is 7.70. The van der Waals surface area contributed by atoms with Crippen LogP contribution in [0.3, 0.4) is 0 Å². The van der Waals surface area contributed by atoms with Gasteiger partial charge in [0.05, 0.1) is 5.56 Å². The summed E-state index contributed by atoms with van der Waals surface area (Å²) in [5.74, 6) is -1.04. The summed E-state index contributed by atoms with van der Waals surface area (Å²) in [7, 11) is 0. The average molecular weight is 367 g/mol. The Hall–Kier alpha value is -2.83. The summed E-state index contributed by atoms with van der Waals surface area (Å²) in [4.78, 5) is 12.1. The molecule has 138 valence electrons. The lowest BCUT2D eigenvalue weighted by molar-refractivity contribution is -0.111. The van der Waals surface area contributed by atoms with Gasteiger partial charge in [0.25, 0.3) is 6.43 Å². The molecule has 0 unspecified atom stereocenters. The van der Waals surface area contributed by atoms with Gasteiger partial charge in [0, 0.05) is 11.8 Å². The Labute approximate surface area is 148 Å². The molecule has 2 aromatic carbocycles. The van der Waals surface area contributed by atoms with Crippen LogP contribution in [0.4, 0.5) is 23.2 Å². The second-order valence-corrected chi connectivity index (χ2v) is 5.56. The molecule has 0 saturated carbocycles. The highest BCUT2D eigenvalue weighted by Gasteiger charge is 2.18. The Balaban J connectivity index is 2.24. The molecule has 0 atom stereocenters. The second kappa shape index (κ2) is 8.51. The molecule has 2 aromatic rings. The quantitative estimate of drug-likeness (QED) is 0.535. The average Bonchev–Trinajstić information content (AvgIpc) is 2.56. The van der Waals surface area contributed by atoms with Crippen LogP contribution < -0.4 is 10.1 Å². The predicted molar refractivity (Wildman–Crippen MR) is 91.5 cm³/mol. The van der Waals surface area contributed by atoms with E-state index in [0.717, 1.165) is 17.7 Å². The largest absolute Gasteiger partial charge is 0.434 e. The summed E-state index contributed by atoms with van der Waals surface area (Å²) in [6, 6.07) is 10.6. The maximum absolute atomic E-state index is 12.9. The number of rotatable bonds is 6. The molecule has 0 spiro atoms. The van der Waals surface area contributed by atoms with Gasteiger partial charge in [0.1, 0.15) is 5.75 Å². The number of para-hydroxylation sites is 1. The molecule has 0 fully saturated rings. The fourth-order valence-electron chi connectivity index (χ4n) is 2.32. The Morgan fingerprint density at radius 2 is 1.81 bits per heavy atom. The number of amides is 1. The lowest BCUT2D eigenvalue weighted by Gasteiger charge is -2.12. The zero-order valence-corrected chi connectivity index (χ0v) is 14.1. The molecule has 0 aliphatic rings. The molecule has 3 nitrogen and oxygen atoms in total. The van der Waals surface area contributed by atoms with E-state index < -0.39 is 30.3 Å². The predicted octanol–water partition coefficient (Wildman–Crippen LogP) is 5.58. The summed E-state index contributed by atoms with van der Waals surface area (Å²) in [5, 5.41) is 2.70. The maximum atomic E-state index is 12.9. The summed E-state index contributed by atoms with van der Waals surface area (Å²) in [6.45, 7) is 0.181. The monoisotopic (exact) mass is 367 g/mol. The summed E-state index contributed by atoms with van der Waals surface area (Å²) < 4.78 is 54.8. The minimum Gasteiger partial charge on any atom is -0.434 e. The van der Waals surface area contributed by atoms with Crippen molar-refractivity contribution in [2.45, 2.75) is 26.9 Å². The fraction of sp³-hybridized carbons (Fsp3) is 0.211. The number of allylic oxidation sites excluding steroid dienone is 1. The minimum atomic E-state index is -3.23. The van der Waals surface area contributed by atoms with Crippen molar-refractivity contribution in [2.75, 3.05) is 5.32 Å². The first-order chi connectivity index (χ1) is 12.3. The van der Waals surface area contributed by atoms with Gasteiger partial charge < -0.3 is 10.1 Å². The molecule has 0 heterocycles. The van der Waals surface area contributed by atoms with E-state index >= 15 is 0 Å². The highest BCUT2D eigenvalue weighted by Crippen LogP contribution is 2.32. The van der Waals surface area contributed by atoms with Gasteiger partial charge in [0.15, 0.2) is 0 Å². The zero-order valence-electron chi connectivity index (χ0n) is 14.1. The topological polar surface area (TPSA) is 38.3 Å². The number of carbonyl (C=O) groups excluding carboxylic acids is 1. The molecule has 0 saturated heterocycles. The number of hydrogen-bond acceptors (Lipinski definition) is 2. The Morgan fingerprint density at radius 3 is 2.42 bits per heavy atom. The Bertz CT molecular complexity index is 819. The van der Waals surface area contributed by atoms with Gasteiger partial charge in [-0.25, -0.2) is 8.78 Å². The third-order valence-electron chi connectivity index (χ3n) is 3.67. The van der Waals surface area contributed by atoms with Gasteiger partial charge in [-0.3, -0.25) is 4.79 Å². The van der Waals surface area contributed by atoms with Crippen molar-refractivity contribution in [1.82, 2.24) is 0 Å². The summed E-state index contributed by atoms with van der Waals surface area (Å²) >= 11 is 0. The second-order valence-electron chi connectivity index (χ2n) is 5.56. The van der Waals surface area contributed by atoms with Crippen molar-refractivity contribution < 1.29 is 27.1 Å². The van der Waals surface area contributed by atoms with Crippen LogP contribution in [0.2, 0.25) is 0 Å². The standard InChI is InChI=1S/C19H17F4NO2/c1-11-5-3-4-6-15(11)24-17(25)9-12(2)13-7-8-14(18(20)21)16(10-13)26-19(22)23/h3-10,18-19H,1-2H3,(H,24,25)/b12-9+. The number of carbonyl (C=O) groups is 1. The van der Waals surface area contributed by atoms with E-state index in [2.05, 4.69) is 10.1 Å². The molecule has 0 bridgehead atoms. The van der Waals surface area contributed by atoms with Gasteiger partial charge in [-0.15, -0.1) is 0 Å². The van der Waals surface area contributed by atoms with E-state index in [1.807, 2.05) is 19.1 Å². The Morgan fingerprint density at radius 1 is 1.12 bits per heavy atom. The molecule has 0 aliphatic carbocycles. The number of ether oxygens (including phenoxy) is 1. The van der Waals surface area contributed by atoms with E-state index in [1.54, 1.807) is 19.1 Å². The minimum absolute atomic E-state index is 0.324. The number of benzene rings is 2. The molecule has 1 amide bonds. The van der Waals surface area contributed by atoms with Gasteiger partial charge in [-0.1, -0.05) is 24.3 Å². The lowest BCUT2D eigenvalue weighted by atomic mass is 10.0. The van der Waals surface area contributed by atoms with Crippen LogP contribution >= 0.6 is 0 Å². The number of alkyl halides is 4. The van der Waals surface area contributed by atoms with E-state index in [1.165, 1.54) is 12.1 Å². The number of hydrogen-bond donors (Lipinski definition) is 1. The molecular weight excluding hydrogens is 350 g/mol. The van der Waals surface area contributed by atoms with Gasteiger partial charge in [-0.05, 0) is 48.7 Å². The van der Waals surface area contributed by atoms with Crippen molar-refractivity contribution in [3.8, 4) is 5.75 Å². The van der Waals surface area contributed by atoms with Crippen LogP contribution in [0.1, 0.15) is 30.0 Å². The van der Waals surface area contributed by atoms with E-state index in [-0.39, 0.29) is 0 Å². The number of halogens is 4. The molecule has 2 rings (SSSR count). The van der Waals surface area contributed by atoms with Crippen LogP contribution in [-0.4, -0.2) is 12.5 Å². The highest BCUT2D eigenvalue weighted by molar-refractivity contribution is 6.04. The van der Waals surface area contributed by atoms with E-state index in [9.17, 15) is 22.4 Å². The number of nitrogens with one attached hydrogen (secondary N) is 1. The van der Waals surface area contributed by atoms with Gasteiger partial charge in [0.2, 0.25) is 5.91 Å². The van der Waals surface area contributed by atoms with Crippen molar-refractivity contribution in [3.05, 3.63) is 65.2 Å². The van der Waals surface area contributed by atoms with Crippen LogP contribution in [0.15, 0.2) is 48.5 Å².